The molecule has 1 aliphatic heterocycles. The number of benzene rings is 1. The van der Waals surface area contributed by atoms with Gasteiger partial charge in [0.1, 0.15) is 0 Å². The van der Waals surface area contributed by atoms with Crippen LogP contribution in [0, 0.1) is 0 Å². The number of nitrogens with two attached hydrogens (primary N) is 1. The molecule has 0 spiro atoms. The van der Waals surface area contributed by atoms with E-state index in [1.807, 2.05) is 0 Å². The van der Waals surface area contributed by atoms with E-state index in [0.717, 1.165) is 0 Å². The van der Waals surface area contributed by atoms with E-state index in [0.29, 0.717) is 35.3 Å². The lowest BCUT2D eigenvalue weighted by Gasteiger charge is -2.17. The Morgan fingerprint density at radius 3 is 2.85 bits per heavy atom. The number of hydrogen-bond acceptors (Lipinski definition) is 4. The molecule has 7 heteroatoms. The van der Waals surface area contributed by atoms with E-state index in [1.165, 1.54) is 10.5 Å². The smallest absolute Gasteiger partial charge is 0.243 e. The Bertz CT molecular complexity index is 758. The van der Waals surface area contributed by atoms with E-state index >= 15 is 0 Å². The second-order valence-electron chi connectivity index (χ2n) is 4.89. The Kier molecular flexibility index (Phi) is 3.41. The summed E-state index contributed by atoms with van der Waals surface area (Å²) in [7, 11) is -3.58. The summed E-state index contributed by atoms with van der Waals surface area (Å²) in [6.07, 6.45) is 3.74. The third-order valence-corrected chi connectivity index (χ3v) is 5.70. The van der Waals surface area contributed by atoms with Gasteiger partial charge in [-0.15, -0.1) is 0 Å². The molecule has 5 nitrogen and oxygen atoms in total. The first-order chi connectivity index (χ1) is 9.50. The van der Waals surface area contributed by atoms with Crippen LogP contribution in [0.15, 0.2) is 35.5 Å². The number of pyridine rings is 1. The Hall–Kier alpha value is -1.21. The predicted octanol–water partition coefficient (Wildman–Crippen LogP) is 1.61. The van der Waals surface area contributed by atoms with Gasteiger partial charge in [0, 0.05) is 42.3 Å². The summed E-state index contributed by atoms with van der Waals surface area (Å²) < 4.78 is 26.9. The minimum Gasteiger partial charge on any atom is -0.326 e. The fourth-order valence-corrected chi connectivity index (χ4v) is 4.56. The highest BCUT2D eigenvalue weighted by Crippen LogP contribution is 2.31. The number of sulfonamides is 1. The van der Waals surface area contributed by atoms with Crippen LogP contribution in [0.1, 0.15) is 6.42 Å². The van der Waals surface area contributed by atoms with Gasteiger partial charge in [0.2, 0.25) is 10.0 Å². The van der Waals surface area contributed by atoms with Gasteiger partial charge in [-0.1, -0.05) is 23.7 Å². The lowest BCUT2D eigenvalue weighted by atomic mass is 10.2. The summed E-state index contributed by atoms with van der Waals surface area (Å²) in [4.78, 5) is 4.20. The van der Waals surface area contributed by atoms with Crippen molar-refractivity contribution in [1.82, 2.24) is 9.29 Å². The number of halogens is 1. The van der Waals surface area contributed by atoms with Crippen molar-refractivity contribution in [3.8, 4) is 0 Å². The highest BCUT2D eigenvalue weighted by molar-refractivity contribution is 7.89. The van der Waals surface area contributed by atoms with Gasteiger partial charge in [-0.05, 0) is 12.5 Å². The minimum absolute atomic E-state index is 0.100. The van der Waals surface area contributed by atoms with Crippen LogP contribution in [0.5, 0.6) is 0 Å². The van der Waals surface area contributed by atoms with Crippen molar-refractivity contribution in [2.24, 2.45) is 5.73 Å². The predicted molar refractivity (Wildman–Crippen MR) is 78.1 cm³/mol. The summed E-state index contributed by atoms with van der Waals surface area (Å²) in [5, 5.41) is 1.57. The topological polar surface area (TPSA) is 76.3 Å². The molecular formula is C13H14ClN3O2S. The van der Waals surface area contributed by atoms with Crippen molar-refractivity contribution in [3.05, 3.63) is 35.6 Å². The molecule has 1 aliphatic rings. The molecule has 2 heterocycles. The molecule has 0 radical (unpaired) electrons. The van der Waals surface area contributed by atoms with E-state index in [4.69, 9.17) is 17.3 Å². The summed E-state index contributed by atoms with van der Waals surface area (Å²) >= 11 is 6.13. The Labute approximate surface area is 122 Å². The minimum atomic E-state index is -3.58. The Morgan fingerprint density at radius 2 is 2.15 bits per heavy atom. The molecule has 1 unspecified atom stereocenters. The third-order valence-electron chi connectivity index (χ3n) is 3.50. The van der Waals surface area contributed by atoms with E-state index in [1.54, 1.807) is 24.4 Å². The Morgan fingerprint density at radius 1 is 1.35 bits per heavy atom. The van der Waals surface area contributed by atoms with Crippen molar-refractivity contribution in [2.75, 3.05) is 13.1 Å². The SMILES string of the molecule is NC1CCN(S(=O)(=O)c2cccc3cncc(Cl)c23)C1. The van der Waals surface area contributed by atoms with Gasteiger partial charge in [-0.3, -0.25) is 4.98 Å². The highest BCUT2D eigenvalue weighted by atomic mass is 35.5. The normalized spacial score (nSPS) is 20.6. The van der Waals surface area contributed by atoms with Crippen LogP contribution in [0.25, 0.3) is 10.8 Å². The largest absolute Gasteiger partial charge is 0.326 e. The van der Waals surface area contributed by atoms with Crippen molar-refractivity contribution >= 4 is 32.4 Å². The average molecular weight is 312 g/mol. The number of nitrogens with zero attached hydrogens (tertiary/aromatic N) is 2. The van der Waals surface area contributed by atoms with Gasteiger partial charge in [0.25, 0.3) is 0 Å². The number of aromatic nitrogens is 1. The van der Waals surface area contributed by atoms with Crippen LogP contribution >= 0.6 is 11.6 Å². The van der Waals surface area contributed by atoms with E-state index in [-0.39, 0.29) is 10.9 Å². The lowest BCUT2D eigenvalue weighted by Crippen LogP contribution is -2.32. The molecule has 0 aliphatic carbocycles. The molecule has 0 saturated carbocycles. The summed E-state index contributed by atoms with van der Waals surface area (Å²) in [6, 6.07) is 4.97. The zero-order valence-corrected chi connectivity index (χ0v) is 12.2. The van der Waals surface area contributed by atoms with Gasteiger partial charge >= 0.3 is 0 Å². The van der Waals surface area contributed by atoms with E-state index < -0.39 is 10.0 Å². The van der Waals surface area contributed by atoms with Crippen LogP contribution in [-0.4, -0.2) is 36.8 Å². The lowest BCUT2D eigenvalue weighted by molar-refractivity contribution is 0.473. The summed E-state index contributed by atoms with van der Waals surface area (Å²) in [6.45, 7) is 0.796. The first-order valence-electron chi connectivity index (χ1n) is 6.28. The number of rotatable bonds is 2. The number of fused-ring (bicyclic) bond motifs is 1. The molecule has 2 N–H and O–H groups in total. The van der Waals surface area contributed by atoms with E-state index in [2.05, 4.69) is 4.98 Å². The van der Waals surface area contributed by atoms with Gasteiger partial charge in [0.05, 0.1) is 9.92 Å². The molecule has 2 aromatic rings. The van der Waals surface area contributed by atoms with Crippen molar-refractivity contribution in [2.45, 2.75) is 17.4 Å². The van der Waals surface area contributed by atoms with Crippen LogP contribution in [-0.2, 0) is 10.0 Å². The molecule has 1 aromatic carbocycles. The second kappa shape index (κ2) is 4.96. The maximum absolute atomic E-state index is 12.7. The summed E-state index contributed by atoms with van der Waals surface area (Å²) in [5.41, 5.74) is 5.80. The maximum atomic E-state index is 12.7. The maximum Gasteiger partial charge on any atom is 0.243 e. The van der Waals surface area contributed by atoms with Crippen molar-refractivity contribution in [3.63, 3.8) is 0 Å². The molecule has 1 atom stereocenters. The fraction of sp³-hybridized carbons (Fsp3) is 0.308. The van der Waals surface area contributed by atoms with Crippen LogP contribution < -0.4 is 5.73 Å². The molecule has 0 amide bonds. The van der Waals surface area contributed by atoms with Crippen LogP contribution in [0.4, 0.5) is 0 Å². The third kappa shape index (κ3) is 2.18. The number of hydrogen-bond donors (Lipinski definition) is 1. The molecule has 20 heavy (non-hydrogen) atoms. The zero-order chi connectivity index (χ0) is 14.3. The molecule has 1 aromatic heterocycles. The standard InChI is InChI=1S/C13H14ClN3O2S/c14-11-7-16-6-9-2-1-3-12(13(9)11)20(18,19)17-5-4-10(15)8-17/h1-3,6-7,10H,4-5,8,15H2. The molecule has 1 fully saturated rings. The first-order valence-corrected chi connectivity index (χ1v) is 8.10. The molecule has 3 rings (SSSR count). The second-order valence-corrected chi connectivity index (χ2v) is 7.20. The molecule has 1 saturated heterocycles. The van der Waals surface area contributed by atoms with E-state index in [9.17, 15) is 8.42 Å². The monoisotopic (exact) mass is 311 g/mol. The Balaban J connectivity index is 2.19. The van der Waals surface area contributed by atoms with Gasteiger partial charge < -0.3 is 5.73 Å². The fourth-order valence-electron chi connectivity index (χ4n) is 2.49. The first kappa shape index (κ1) is 13.8. The van der Waals surface area contributed by atoms with Crippen molar-refractivity contribution in [1.29, 1.82) is 0 Å². The summed E-state index contributed by atoms with van der Waals surface area (Å²) in [5.74, 6) is 0. The van der Waals surface area contributed by atoms with Gasteiger partial charge in [0.15, 0.2) is 0 Å². The van der Waals surface area contributed by atoms with Crippen LogP contribution in [0.2, 0.25) is 5.02 Å². The molecule has 0 bridgehead atoms. The van der Waals surface area contributed by atoms with Crippen LogP contribution in [0.3, 0.4) is 0 Å². The van der Waals surface area contributed by atoms with Crippen molar-refractivity contribution < 1.29 is 8.42 Å². The molecule has 106 valence electrons. The average Bonchev–Trinajstić information content (AvgIpc) is 2.86. The van der Waals surface area contributed by atoms with Gasteiger partial charge in [-0.25, -0.2) is 8.42 Å². The molecular weight excluding hydrogens is 298 g/mol. The zero-order valence-electron chi connectivity index (χ0n) is 10.7. The highest BCUT2D eigenvalue weighted by Gasteiger charge is 2.32. The quantitative estimate of drug-likeness (QED) is 0.914. The van der Waals surface area contributed by atoms with Gasteiger partial charge in [-0.2, -0.15) is 4.31 Å².